The second-order valence-corrected chi connectivity index (χ2v) is 6.96. The average Bonchev–Trinajstić information content (AvgIpc) is 3.35. The standard InChI is InChI=1S/C23H23F2N5O4/c1-3-33-20-12-16(4-10-19(20)34-23(24)25)5-11-21(31)28-17-6-8-18(9-7-17)29-22(32)15(2)30-14-26-13-27-30/h4-15,23H,3H2,1-2H3,(H,28,31)(H,29,32). The largest absolute Gasteiger partial charge is 0.490 e. The summed E-state index contributed by atoms with van der Waals surface area (Å²) in [4.78, 5) is 28.4. The monoisotopic (exact) mass is 471 g/mol. The van der Waals surface area contributed by atoms with E-state index in [1.807, 2.05) is 0 Å². The molecule has 0 saturated heterocycles. The zero-order valence-corrected chi connectivity index (χ0v) is 18.4. The molecule has 0 radical (unpaired) electrons. The molecule has 3 rings (SSSR count). The Labute approximate surface area is 194 Å². The van der Waals surface area contributed by atoms with Gasteiger partial charge in [0.05, 0.1) is 6.61 Å². The lowest BCUT2D eigenvalue weighted by molar-refractivity contribution is -0.119. The van der Waals surface area contributed by atoms with E-state index in [1.54, 1.807) is 38.1 Å². The molecule has 0 aliphatic carbocycles. The van der Waals surface area contributed by atoms with Crippen LogP contribution in [0.15, 0.2) is 61.2 Å². The molecule has 0 aliphatic heterocycles. The molecule has 0 spiro atoms. The van der Waals surface area contributed by atoms with Gasteiger partial charge in [-0.2, -0.15) is 13.9 Å². The van der Waals surface area contributed by atoms with Crippen LogP contribution in [0.5, 0.6) is 11.5 Å². The van der Waals surface area contributed by atoms with Crippen molar-refractivity contribution in [2.75, 3.05) is 17.2 Å². The summed E-state index contributed by atoms with van der Waals surface area (Å²) in [7, 11) is 0. The Kier molecular flexibility index (Phi) is 8.27. The van der Waals surface area contributed by atoms with Gasteiger partial charge in [0.25, 0.3) is 0 Å². The first-order chi connectivity index (χ1) is 16.4. The first-order valence-corrected chi connectivity index (χ1v) is 10.3. The van der Waals surface area contributed by atoms with Gasteiger partial charge in [-0.3, -0.25) is 9.59 Å². The van der Waals surface area contributed by atoms with Gasteiger partial charge in [0.15, 0.2) is 11.5 Å². The van der Waals surface area contributed by atoms with E-state index < -0.39 is 18.6 Å². The smallest absolute Gasteiger partial charge is 0.387 e. The fraction of sp³-hybridized carbons (Fsp3) is 0.217. The number of aromatic nitrogens is 3. The molecule has 1 heterocycles. The maximum atomic E-state index is 12.5. The molecule has 3 aromatic rings. The number of ether oxygens (including phenoxy) is 2. The van der Waals surface area contributed by atoms with Crippen molar-refractivity contribution in [2.45, 2.75) is 26.5 Å². The summed E-state index contributed by atoms with van der Waals surface area (Å²) >= 11 is 0. The lowest BCUT2D eigenvalue weighted by Gasteiger charge is -2.12. The Hall–Kier alpha value is -4.28. The van der Waals surface area contributed by atoms with Crippen molar-refractivity contribution in [2.24, 2.45) is 0 Å². The minimum Gasteiger partial charge on any atom is -0.490 e. The van der Waals surface area contributed by atoms with Crippen LogP contribution in [-0.4, -0.2) is 39.8 Å². The minimum absolute atomic E-state index is 0.0821. The summed E-state index contributed by atoms with van der Waals surface area (Å²) < 4.78 is 36.2. The number of hydrogen-bond acceptors (Lipinski definition) is 6. The topological polar surface area (TPSA) is 107 Å². The Balaban J connectivity index is 1.57. The number of nitrogens with zero attached hydrogens (tertiary/aromatic N) is 3. The zero-order chi connectivity index (χ0) is 24.5. The Morgan fingerprint density at radius 2 is 1.79 bits per heavy atom. The maximum Gasteiger partial charge on any atom is 0.387 e. The molecule has 1 atom stereocenters. The highest BCUT2D eigenvalue weighted by atomic mass is 19.3. The Bertz CT molecular complexity index is 1130. The second-order valence-electron chi connectivity index (χ2n) is 6.96. The number of halogens is 2. The Morgan fingerprint density at radius 3 is 2.41 bits per heavy atom. The molecule has 2 aromatic carbocycles. The molecule has 1 aromatic heterocycles. The number of carbonyl (C=O) groups is 2. The molecule has 178 valence electrons. The lowest BCUT2D eigenvalue weighted by Crippen LogP contribution is -2.24. The van der Waals surface area contributed by atoms with Crippen LogP contribution in [0.3, 0.4) is 0 Å². The average molecular weight is 471 g/mol. The molecule has 2 amide bonds. The predicted octanol–water partition coefficient (Wildman–Crippen LogP) is 4.13. The van der Waals surface area contributed by atoms with Crippen LogP contribution in [0.25, 0.3) is 6.08 Å². The third-order valence-corrected chi connectivity index (χ3v) is 4.54. The minimum atomic E-state index is -2.97. The molecule has 2 N–H and O–H groups in total. The number of carbonyl (C=O) groups excluding carboxylic acids is 2. The molecular formula is C23H23F2N5O4. The number of alkyl halides is 2. The lowest BCUT2D eigenvalue weighted by atomic mass is 10.2. The van der Waals surface area contributed by atoms with Crippen molar-refractivity contribution in [1.29, 1.82) is 0 Å². The molecule has 11 heteroatoms. The van der Waals surface area contributed by atoms with Crippen molar-refractivity contribution in [3.8, 4) is 11.5 Å². The van der Waals surface area contributed by atoms with E-state index in [0.717, 1.165) is 0 Å². The SMILES string of the molecule is CCOc1cc(C=CC(=O)Nc2ccc(NC(=O)C(C)n3cncn3)cc2)ccc1OC(F)F. The van der Waals surface area contributed by atoms with Crippen LogP contribution in [0.4, 0.5) is 20.2 Å². The van der Waals surface area contributed by atoms with Gasteiger partial charge in [0.1, 0.15) is 18.7 Å². The Morgan fingerprint density at radius 1 is 1.09 bits per heavy atom. The quantitative estimate of drug-likeness (QED) is 0.431. The van der Waals surface area contributed by atoms with E-state index >= 15 is 0 Å². The molecule has 0 bridgehead atoms. The van der Waals surface area contributed by atoms with Crippen LogP contribution in [-0.2, 0) is 9.59 Å². The van der Waals surface area contributed by atoms with E-state index in [2.05, 4.69) is 25.5 Å². The summed E-state index contributed by atoms with van der Waals surface area (Å²) in [6.07, 6.45) is 5.63. The van der Waals surface area contributed by atoms with Crippen LogP contribution in [0, 0.1) is 0 Å². The number of rotatable bonds is 10. The van der Waals surface area contributed by atoms with Gasteiger partial charge >= 0.3 is 6.61 Å². The summed E-state index contributed by atoms with van der Waals surface area (Å²) in [5, 5.41) is 9.41. The van der Waals surface area contributed by atoms with Gasteiger partial charge in [-0.25, -0.2) is 9.67 Å². The van der Waals surface area contributed by atoms with Gasteiger partial charge in [0, 0.05) is 17.5 Å². The number of benzene rings is 2. The summed E-state index contributed by atoms with van der Waals surface area (Å²) in [6, 6.07) is 10.4. The van der Waals surface area contributed by atoms with Gasteiger partial charge in [0.2, 0.25) is 11.8 Å². The van der Waals surface area contributed by atoms with Crippen molar-refractivity contribution in [3.05, 3.63) is 66.8 Å². The number of amides is 2. The zero-order valence-electron chi connectivity index (χ0n) is 18.4. The van der Waals surface area contributed by atoms with Gasteiger partial charge in [-0.05, 0) is 61.9 Å². The van der Waals surface area contributed by atoms with E-state index in [4.69, 9.17) is 4.74 Å². The van der Waals surface area contributed by atoms with E-state index in [9.17, 15) is 18.4 Å². The van der Waals surface area contributed by atoms with E-state index in [1.165, 1.54) is 47.7 Å². The highest BCUT2D eigenvalue weighted by Gasteiger charge is 2.15. The molecule has 1 unspecified atom stereocenters. The van der Waals surface area contributed by atoms with Crippen LogP contribution < -0.4 is 20.1 Å². The summed E-state index contributed by atoms with van der Waals surface area (Å²) in [5.41, 5.74) is 1.65. The third kappa shape index (κ3) is 6.86. The van der Waals surface area contributed by atoms with Crippen molar-refractivity contribution < 1.29 is 27.8 Å². The van der Waals surface area contributed by atoms with Gasteiger partial charge < -0.3 is 20.1 Å². The van der Waals surface area contributed by atoms with Crippen molar-refractivity contribution in [3.63, 3.8) is 0 Å². The fourth-order valence-corrected chi connectivity index (χ4v) is 2.87. The molecule has 34 heavy (non-hydrogen) atoms. The fourth-order valence-electron chi connectivity index (χ4n) is 2.87. The highest BCUT2D eigenvalue weighted by Crippen LogP contribution is 2.30. The first kappa shape index (κ1) is 24.4. The first-order valence-electron chi connectivity index (χ1n) is 10.3. The van der Waals surface area contributed by atoms with Gasteiger partial charge in [-0.1, -0.05) is 6.07 Å². The number of anilines is 2. The van der Waals surface area contributed by atoms with Crippen LogP contribution in [0.1, 0.15) is 25.5 Å². The van der Waals surface area contributed by atoms with Crippen LogP contribution >= 0.6 is 0 Å². The molecule has 9 nitrogen and oxygen atoms in total. The third-order valence-electron chi connectivity index (χ3n) is 4.54. The molecule has 0 aliphatic rings. The predicted molar refractivity (Wildman–Crippen MR) is 122 cm³/mol. The van der Waals surface area contributed by atoms with Crippen molar-refractivity contribution >= 4 is 29.3 Å². The number of hydrogen-bond donors (Lipinski definition) is 2. The molecule has 0 fully saturated rings. The van der Waals surface area contributed by atoms with Crippen LogP contribution in [0.2, 0.25) is 0 Å². The normalized spacial score (nSPS) is 11.9. The second kappa shape index (κ2) is 11.5. The van der Waals surface area contributed by atoms with Gasteiger partial charge in [-0.15, -0.1) is 0 Å². The summed E-state index contributed by atoms with van der Waals surface area (Å²) in [6.45, 7) is 0.712. The van der Waals surface area contributed by atoms with E-state index in [-0.39, 0.29) is 24.0 Å². The number of nitrogens with one attached hydrogen (secondary N) is 2. The molecular weight excluding hydrogens is 448 g/mol. The maximum absolute atomic E-state index is 12.5. The van der Waals surface area contributed by atoms with E-state index in [0.29, 0.717) is 16.9 Å². The molecule has 0 saturated carbocycles. The van der Waals surface area contributed by atoms with Crippen molar-refractivity contribution in [1.82, 2.24) is 14.8 Å². The highest BCUT2D eigenvalue weighted by molar-refractivity contribution is 6.02. The summed E-state index contributed by atoms with van der Waals surface area (Å²) in [5.74, 6) is -0.591.